The molecule has 2 heterocycles. The highest BCUT2D eigenvalue weighted by molar-refractivity contribution is 7.89. The first-order valence-electron chi connectivity index (χ1n) is 6.89. The Balaban J connectivity index is 1.95. The SMILES string of the molecule is CC(CO)S(=O)(=O)N1CCC(N2CCCCC2)C1. The van der Waals surface area contributed by atoms with E-state index in [9.17, 15) is 8.42 Å². The number of hydrogen-bond acceptors (Lipinski definition) is 4. The van der Waals surface area contributed by atoms with Crippen LogP contribution in [0, 0.1) is 0 Å². The van der Waals surface area contributed by atoms with Crippen LogP contribution in [0.5, 0.6) is 0 Å². The third-order valence-corrected chi connectivity index (χ3v) is 6.38. The molecule has 0 saturated carbocycles. The molecule has 18 heavy (non-hydrogen) atoms. The molecule has 0 aromatic carbocycles. The minimum atomic E-state index is -3.30. The Morgan fingerprint density at radius 1 is 1.22 bits per heavy atom. The van der Waals surface area contributed by atoms with Crippen LogP contribution in [-0.2, 0) is 10.0 Å². The van der Waals surface area contributed by atoms with Crippen molar-refractivity contribution in [2.75, 3.05) is 32.8 Å². The summed E-state index contributed by atoms with van der Waals surface area (Å²) < 4.78 is 25.8. The minimum Gasteiger partial charge on any atom is -0.395 e. The summed E-state index contributed by atoms with van der Waals surface area (Å²) >= 11 is 0. The van der Waals surface area contributed by atoms with Crippen LogP contribution in [-0.4, -0.2) is 66.8 Å². The van der Waals surface area contributed by atoms with Gasteiger partial charge >= 0.3 is 0 Å². The molecule has 5 nitrogen and oxygen atoms in total. The van der Waals surface area contributed by atoms with E-state index in [0.717, 1.165) is 19.5 Å². The number of likely N-dealkylation sites (tertiary alicyclic amines) is 1. The van der Waals surface area contributed by atoms with Crippen LogP contribution in [0.4, 0.5) is 0 Å². The molecule has 0 amide bonds. The molecule has 2 rings (SSSR count). The molecule has 2 aliphatic heterocycles. The van der Waals surface area contributed by atoms with Crippen molar-refractivity contribution >= 4 is 10.0 Å². The summed E-state index contributed by atoms with van der Waals surface area (Å²) in [4.78, 5) is 2.43. The van der Waals surface area contributed by atoms with Gasteiger partial charge in [-0.1, -0.05) is 6.42 Å². The zero-order valence-electron chi connectivity index (χ0n) is 11.1. The van der Waals surface area contributed by atoms with Gasteiger partial charge in [0.1, 0.15) is 0 Å². The van der Waals surface area contributed by atoms with Crippen LogP contribution in [0.25, 0.3) is 0 Å². The van der Waals surface area contributed by atoms with Crippen molar-refractivity contribution in [3.8, 4) is 0 Å². The smallest absolute Gasteiger partial charge is 0.219 e. The molecule has 0 aliphatic carbocycles. The molecule has 0 spiro atoms. The van der Waals surface area contributed by atoms with Gasteiger partial charge in [0.25, 0.3) is 0 Å². The van der Waals surface area contributed by atoms with E-state index in [2.05, 4.69) is 4.90 Å². The number of nitrogens with zero attached hydrogens (tertiary/aromatic N) is 2. The molecule has 0 bridgehead atoms. The molecule has 2 aliphatic rings. The second-order valence-electron chi connectivity index (χ2n) is 5.44. The summed E-state index contributed by atoms with van der Waals surface area (Å²) in [6.45, 7) is 4.69. The molecule has 0 aromatic heterocycles. The van der Waals surface area contributed by atoms with Gasteiger partial charge in [0.05, 0.1) is 11.9 Å². The topological polar surface area (TPSA) is 60.9 Å². The largest absolute Gasteiger partial charge is 0.395 e. The number of hydrogen-bond donors (Lipinski definition) is 1. The van der Waals surface area contributed by atoms with Crippen LogP contribution < -0.4 is 0 Å². The van der Waals surface area contributed by atoms with Crippen molar-refractivity contribution in [1.29, 1.82) is 0 Å². The molecule has 6 heteroatoms. The van der Waals surface area contributed by atoms with Gasteiger partial charge in [0.15, 0.2) is 0 Å². The van der Waals surface area contributed by atoms with Crippen molar-refractivity contribution in [2.45, 2.75) is 43.9 Å². The lowest BCUT2D eigenvalue weighted by molar-refractivity contribution is 0.169. The van der Waals surface area contributed by atoms with E-state index in [1.807, 2.05) is 0 Å². The van der Waals surface area contributed by atoms with Crippen molar-refractivity contribution in [3.63, 3.8) is 0 Å². The quantitative estimate of drug-likeness (QED) is 0.800. The van der Waals surface area contributed by atoms with Gasteiger partial charge in [-0.05, 0) is 39.3 Å². The highest BCUT2D eigenvalue weighted by Crippen LogP contribution is 2.23. The Hall–Kier alpha value is -0.170. The lowest BCUT2D eigenvalue weighted by Gasteiger charge is -2.32. The second kappa shape index (κ2) is 5.86. The molecule has 2 saturated heterocycles. The number of aliphatic hydroxyl groups excluding tert-OH is 1. The van der Waals surface area contributed by atoms with Crippen molar-refractivity contribution in [2.24, 2.45) is 0 Å². The molecule has 0 radical (unpaired) electrons. The molecule has 2 atom stereocenters. The molecular formula is C12H24N2O3S. The third kappa shape index (κ3) is 2.87. The first-order valence-corrected chi connectivity index (χ1v) is 8.40. The second-order valence-corrected chi connectivity index (χ2v) is 7.79. The summed E-state index contributed by atoms with van der Waals surface area (Å²) in [5.41, 5.74) is 0. The lowest BCUT2D eigenvalue weighted by atomic mass is 10.1. The van der Waals surface area contributed by atoms with Crippen molar-refractivity contribution in [1.82, 2.24) is 9.21 Å². The van der Waals surface area contributed by atoms with Crippen molar-refractivity contribution in [3.05, 3.63) is 0 Å². The average molecular weight is 276 g/mol. The summed E-state index contributed by atoms with van der Waals surface area (Å²) in [6.07, 6.45) is 4.69. The summed E-state index contributed by atoms with van der Waals surface area (Å²) in [7, 11) is -3.30. The maximum Gasteiger partial charge on any atom is 0.219 e. The summed E-state index contributed by atoms with van der Waals surface area (Å²) in [6, 6.07) is 0.381. The Morgan fingerprint density at radius 2 is 1.89 bits per heavy atom. The van der Waals surface area contributed by atoms with Gasteiger partial charge in [-0.25, -0.2) is 8.42 Å². The van der Waals surface area contributed by atoms with Gasteiger partial charge in [-0.2, -0.15) is 4.31 Å². The number of sulfonamides is 1. The highest BCUT2D eigenvalue weighted by Gasteiger charge is 2.36. The fraction of sp³-hybridized carbons (Fsp3) is 1.00. The molecule has 1 N–H and O–H groups in total. The fourth-order valence-electron chi connectivity index (χ4n) is 2.87. The Kier molecular flexibility index (Phi) is 4.64. The predicted octanol–water partition coefficient (Wildman–Crippen LogP) is 0.257. The molecule has 0 aromatic rings. The van der Waals surface area contributed by atoms with E-state index in [-0.39, 0.29) is 6.61 Å². The highest BCUT2D eigenvalue weighted by atomic mass is 32.2. The van der Waals surface area contributed by atoms with Gasteiger partial charge in [0.2, 0.25) is 10.0 Å². The fourth-order valence-corrected chi connectivity index (χ4v) is 4.31. The van der Waals surface area contributed by atoms with E-state index in [0.29, 0.717) is 19.1 Å². The normalized spacial score (nSPS) is 29.6. The maximum absolute atomic E-state index is 12.1. The molecular weight excluding hydrogens is 252 g/mol. The molecule has 2 fully saturated rings. The lowest BCUT2D eigenvalue weighted by Crippen LogP contribution is -2.43. The monoisotopic (exact) mass is 276 g/mol. The van der Waals surface area contributed by atoms with E-state index >= 15 is 0 Å². The van der Waals surface area contributed by atoms with Crippen LogP contribution in [0.1, 0.15) is 32.6 Å². The van der Waals surface area contributed by atoms with Gasteiger partial charge in [-0.15, -0.1) is 0 Å². The average Bonchev–Trinajstić information content (AvgIpc) is 2.89. The van der Waals surface area contributed by atoms with Crippen LogP contribution >= 0.6 is 0 Å². The van der Waals surface area contributed by atoms with Gasteiger partial charge in [0, 0.05) is 19.1 Å². The van der Waals surface area contributed by atoms with Gasteiger partial charge < -0.3 is 5.11 Å². The molecule has 2 unspecified atom stereocenters. The van der Waals surface area contributed by atoms with E-state index in [4.69, 9.17) is 5.11 Å². The van der Waals surface area contributed by atoms with E-state index in [1.54, 1.807) is 11.2 Å². The van der Waals surface area contributed by atoms with E-state index in [1.165, 1.54) is 19.3 Å². The van der Waals surface area contributed by atoms with Crippen molar-refractivity contribution < 1.29 is 13.5 Å². The maximum atomic E-state index is 12.1. The Labute approximate surface area is 110 Å². The summed E-state index contributed by atoms with van der Waals surface area (Å²) in [5.74, 6) is 0. The molecule has 106 valence electrons. The summed E-state index contributed by atoms with van der Waals surface area (Å²) in [5, 5.41) is 8.35. The zero-order valence-corrected chi connectivity index (χ0v) is 11.9. The van der Waals surface area contributed by atoms with Crippen LogP contribution in [0.2, 0.25) is 0 Å². The van der Waals surface area contributed by atoms with Crippen LogP contribution in [0.15, 0.2) is 0 Å². The third-order valence-electron chi connectivity index (χ3n) is 4.16. The first kappa shape index (κ1) is 14.2. The standard InChI is InChI=1S/C12H24N2O3S/c1-11(10-15)18(16,17)14-8-5-12(9-14)13-6-3-2-4-7-13/h11-12,15H,2-10H2,1H3. The predicted molar refractivity (Wildman–Crippen MR) is 70.9 cm³/mol. The number of piperidine rings is 1. The van der Waals surface area contributed by atoms with E-state index < -0.39 is 15.3 Å². The Bertz CT molecular complexity index is 366. The Morgan fingerprint density at radius 3 is 2.50 bits per heavy atom. The van der Waals surface area contributed by atoms with Crippen LogP contribution in [0.3, 0.4) is 0 Å². The minimum absolute atomic E-state index is 0.298. The first-order chi connectivity index (χ1) is 8.55. The zero-order chi connectivity index (χ0) is 13.2. The number of aliphatic hydroxyl groups is 1. The number of rotatable bonds is 4. The van der Waals surface area contributed by atoms with Gasteiger partial charge in [-0.3, -0.25) is 4.90 Å².